The van der Waals surface area contributed by atoms with E-state index in [2.05, 4.69) is 6.07 Å². The lowest BCUT2D eigenvalue weighted by Gasteiger charge is -2.47. The summed E-state index contributed by atoms with van der Waals surface area (Å²) in [4.78, 5) is 43.4. The van der Waals surface area contributed by atoms with Crippen molar-refractivity contribution in [3.05, 3.63) is 29.8 Å². The van der Waals surface area contributed by atoms with Gasteiger partial charge in [0.1, 0.15) is 17.5 Å². The number of rotatable bonds is 3. The molecule has 3 amide bonds. The number of piperidine rings is 1. The molecule has 0 saturated carbocycles. The highest BCUT2D eigenvalue weighted by molar-refractivity contribution is 5.82. The molecule has 8 nitrogen and oxygen atoms in total. The molecule has 1 spiro atoms. The van der Waals surface area contributed by atoms with Crippen LogP contribution in [0.5, 0.6) is 5.75 Å². The fourth-order valence-corrected chi connectivity index (χ4v) is 5.95. The molecule has 0 N–H and O–H groups in total. The first-order chi connectivity index (χ1) is 16.4. The van der Waals surface area contributed by atoms with Gasteiger partial charge in [0.25, 0.3) is 5.91 Å². The Morgan fingerprint density at radius 2 is 1.68 bits per heavy atom. The summed E-state index contributed by atoms with van der Waals surface area (Å²) in [5.41, 5.74) is 0.778. The number of carbonyl (C=O) groups is 3. The van der Waals surface area contributed by atoms with E-state index in [0.29, 0.717) is 52.3 Å². The molecule has 34 heavy (non-hydrogen) atoms. The molecule has 0 aromatic heterocycles. The van der Waals surface area contributed by atoms with Gasteiger partial charge in [0.2, 0.25) is 11.8 Å². The molecule has 184 valence electrons. The number of hydrogen-bond acceptors (Lipinski definition) is 5. The third-order valence-corrected chi connectivity index (χ3v) is 7.99. The maximum Gasteiger partial charge on any atom is 0.251 e. The van der Waals surface area contributed by atoms with E-state index in [0.717, 1.165) is 43.4 Å². The first kappa shape index (κ1) is 23.1. The van der Waals surface area contributed by atoms with Crippen LogP contribution in [0.15, 0.2) is 24.3 Å². The smallest absolute Gasteiger partial charge is 0.251 e. The molecule has 4 aliphatic heterocycles. The topological polar surface area (TPSA) is 79.4 Å². The Morgan fingerprint density at radius 3 is 2.35 bits per heavy atom. The molecule has 4 aliphatic rings. The van der Waals surface area contributed by atoms with Crippen LogP contribution in [0.2, 0.25) is 0 Å². The maximum absolute atomic E-state index is 13.3. The van der Waals surface area contributed by atoms with Crippen LogP contribution in [0, 0.1) is 0 Å². The SMILES string of the molecule is CC(=O)N1CCC2(CC1)CC(CC(=O)N1CCN(C(=O)C3CCCO3)CC1)c1ccccc1O2. The van der Waals surface area contributed by atoms with Gasteiger partial charge in [0.05, 0.1) is 0 Å². The highest BCUT2D eigenvalue weighted by Gasteiger charge is 2.44. The summed E-state index contributed by atoms with van der Waals surface area (Å²) in [7, 11) is 0. The summed E-state index contributed by atoms with van der Waals surface area (Å²) in [5.74, 6) is 1.28. The molecule has 3 fully saturated rings. The molecule has 4 heterocycles. The van der Waals surface area contributed by atoms with Crippen LogP contribution in [0.4, 0.5) is 0 Å². The van der Waals surface area contributed by atoms with Crippen molar-refractivity contribution in [2.75, 3.05) is 45.9 Å². The highest BCUT2D eigenvalue weighted by Crippen LogP contribution is 2.46. The molecule has 2 atom stereocenters. The Balaban J connectivity index is 1.22. The zero-order valence-electron chi connectivity index (χ0n) is 20.0. The number of fused-ring (bicyclic) bond motifs is 1. The molecule has 2 unspecified atom stereocenters. The zero-order chi connectivity index (χ0) is 23.7. The molecular formula is C26H35N3O5. The minimum absolute atomic E-state index is 0.0711. The van der Waals surface area contributed by atoms with E-state index in [1.54, 1.807) is 6.92 Å². The Kier molecular flexibility index (Phi) is 6.51. The maximum atomic E-state index is 13.3. The predicted molar refractivity (Wildman–Crippen MR) is 125 cm³/mol. The van der Waals surface area contributed by atoms with Gasteiger partial charge in [-0.15, -0.1) is 0 Å². The van der Waals surface area contributed by atoms with Crippen molar-refractivity contribution in [1.82, 2.24) is 14.7 Å². The third kappa shape index (κ3) is 4.65. The number of ether oxygens (including phenoxy) is 2. The fraction of sp³-hybridized carbons (Fsp3) is 0.654. The van der Waals surface area contributed by atoms with Crippen molar-refractivity contribution in [3.8, 4) is 5.75 Å². The summed E-state index contributed by atoms with van der Waals surface area (Å²) in [6, 6.07) is 8.06. The number of nitrogens with zero attached hydrogens (tertiary/aromatic N) is 3. The third-order valence-electron chi connectivity index (χ3n) is 7.99. The van der Waals surface area contributed by atoms with Gasteiger partial charge in [-0.3, -0.25) is 14.4 Å². The average molecular weight is 470 g/mol. The summed E-state index contributed by atoms with van der Waals surface area (Å²) in [6.45, 7) is 5.94. The van der Waals surface area contributed by atoms with E-state index in [-0.39, 0.29) is 35.3 Å². The van der Waals surface area contributed by atoms with Crippen molar-refractivity contribution >= 4 is 17.7 Å². The van der Waals surface area contributed by atoms with E-state index in [9.17, 15) is 14.4 Å². The van der Waals surface area contributed by atoms with Crippen molar-refractivity contribution in [3.63, 3.8) is 0 Å². The van der Waals surface area contributed by atoms with Crippen LogP contribution in [0.3, 0.4) is 0 Å². The van der Waals surface area contributed by atoms with Crippen molar-refractivity contribution in [2.24, 2.45) is 0 Å². The average Bonchev–Trinajstić information content (AvgIpc) is 3.39. The number of likely N-dealkylation sites (tertiary alicyclic amines) is 1. The van der Waals surface area contributed by atoms with Crippen molar-refractivity contribution < 1.29 is 23.9 Å². The molecule has 1 aromatic rings. The second-order valence-corrected chi connectivity index (χ2v) is 10.1. The summed E-state index contributed by atoms with van der Waals surface area (Å²) < 4.78 is 12.1. The number of benzene rings is 1. The van der Waals surface area contributed by atoms with Gasteiger partial charge in [0.15, 0.2) is 0 Å². The Labute approximate surface area is 201 Å². The van der Waals surface area contributed by atoms with Gasteiger partial charge in [-0.2, -0.15) is 0 Å². The minimum Gasteiger partial charge on any atom is -0.487 e. The number of para-hydroxylation sites is 1. The van der Waals surface area contributed by atoms with Gasteiger partial charge in [-0.25, -0.2) is 0 Å². The first-order valence-electron chi connectivity index (χ1n) is 12.7. The van der Waals surface area contributed by atoms with Gasteiger partial charge < -0.3 is 24.2 Å². The number of amides is 3. The van der Waals surface area contributed by atoms with Crippen LogP contribution in [-0.4, -0.2) is 90.0 Å². The molecular weight excluding hydrogens is 434 g/mol. The molecule has 0 aliphatic carbocycles. The molecule has 5 rings (SSSR count). The van der Waals surface area contributed by atoms with Gasteiger partial charge in [0, 0.05) is 78.0 Å². The van der Waals surface area contributed by atoms with Crippen LogP contribution in [0.1, 0.15) is 56.9 Å². The normalized spacial score (nSPS) is 26.2. The number of piperazine rings is 1. The van der Waals surface area contributed by atoms with E-state index in [1.807, 2.05) is 32.9 Å². The van der Waals surface area contributed by atoms with E-state index >= 15 is 0 Å². The van der Waals surface area contributed by atoms with E-state index in [1.165, 1.54) is 0 Å². The lowest BCUT2D eigenvalue weighted by Crippen LogP contribution is -2.53. The number of hydrogen-bond donors (Lipinski definition) is 0. The summed E-state index contributed by atoms with van der Waals surface area (Å²) in [5, 5.41) is 0. The first-order valence-corrected chi connectivity index (χ1v) is 12.7. The van der Waals surface area contributed by atoms with Crippen LogP contribution >= 0.6 is 0 Å². The summed E-state index contributed by atoms with van der Waals surface area (Å²) in [6.07, 6.45) is 4.25. The lowest BCUT2D eigenvalue weighted by atomic mass is 9.76. The number of carbonyl (C=O) groups excluding carboxylic acids is 3. The van der Waals surface area contributed by atoms with Crippen LogP contribution < -0.4 is 4.74 Å². The van der Waals surface area contributed by atoms with Crippen molar-refractivity contribution in [1.29, 1.82) is 0 Å². The Bertz CT molecular complexity index is 928. The lowest BCUT2D eigenvalue weighted by molar-refractivity contribution is -0.146. The quantitative estimate of drug-likeness (QED) is 0.678. The second kappa shape index (κ2) is 9.56. The van der Waals surface area contributed by atoms with Crippen molar-refractivity contribution in [2.45, 2.75) is 63.1 Å². The van der Waals surface area contributed by atoms with Crippen LogP contribution in [-0.2, 0) is 19.1 Å². The molecule has 1 aromatic carbocycles. The van der Waals surface area contributed by atoms with Gasteiger partial charge in [-0.1, -0.05) is 18.2 Å². The Hall–Kier alpha value is -2.61. The monoisotopic (exact) mass is 469 g/mol. The van der Waals surface area contributed by atoms with E-state index in [4.69, 9.17) is 9.47 Å². The van der Waals surface area contributed by atoms with Crippen LogP contribution in [0.25, 0.3) is 0 Å². The van der Waals surface area contributed by atoms with Gasteiger partial charge >= 0.3 is 0 Å². The molecule has 8 heteroatoms. The van der Waals surface area contributed by atoms with E-state index < -0.39 is 0 Å². The predicted octanol–water partition coefficient (Wildman–Crippen LogP) is 2.17. The zero-order valence-corrected chi connectivity index (χ0v) is 20.0. The second-order valence-electron chi connectivity index (χ2n) is 10.1. The largest absolute Gasteiger partial charge is 0.487 e. The minimum atomic E-state index is -0.322. The molecule has 0 radical (unpaired) electrons. The molecule has 0 bridgehead atoms. The standard InChI is InChI=1S/C26H35N3O5/c1-19(30)27-10-8-26(9-11-27)18-20(21-5-2-3-6-22(21)34-26)17-24(31)28-12-14-29(15-13-28)25(32)23-7-4-16-33-23/h2-3,5-6,20,23H,4,7-18H2,1H3. The highest BCUT2D eigenvalue weighted by atomic mass is 16.5. The van der Waals surface area contributed by atoms with Gasteiger partial charge in [-0.05, 0) is 30.9 Å². The summed E-state index contributed by atoms with van der Waals surface area (Å²) >= 11 is 0. The Morgan fingerprint density at radius 1 is 0.971 bits per heavy atom. The fourth-order valence-electron chi connectivity index (χ4n) is 5.95. The molecule has 3 saturated heterocycles.